The van der Waals surface area contributed by atoms with E-state index in [2.05, 4.69) is 25.7 Å². The van der Waals surface area contributed by atoms with Gasteiger partial charge in [-0.1, -0.05) is 37.3 Å². The molecule has 0 fully saturated rings. The van der Waals surface area contributed by atoms with Crippen molar-refractivity contribution in [2.24, 2.45) is 0 Å². The summed E-state index contributed by atoms with van der Waals surface area (Å²) in [6, 6.07) is 12.6. The van der Waals surface area contributed by atoms with Gasteiger partial charge in [-0.3, -0.25) is 9.59 Å². The molecule has 8 nitrogen and oxygen atoms in total. The van der Waals surface area contributed by atoms with Gasteiger partial charge in [0.15, 0.2) is 5.82 Å². The van der Waals surface area contributed by atoms with Crippen molar-refractivity contribution in [3.8, 4) is 5.82 Å². The first-order valence-electron chi connectivity index (χ1n) is 8.15. The monoisotopic (exact) mass is 350 g/mol. The van der Waals surface area contributed by atoms with Gasteiger partial charge in [0.2, 0.25) is 0 Å². The number of rotatable bonds is 5. The zero-order chi connectivity index (χ0) is 18.4. The molecule has 2 heterocycles. The fourth-order valence-corrected chi connectivity index (χ4v) is 2.44. The van der Waals surface area contributed by atoms with Crippen molar-refractivity contribution in [3.63, 3.8) is 0 Å². The second kappa shape index (κ2) is 8.02. The van der Waals surface area contributed by atoms with Gasteiger partial charge in [0.25, 0.3) is 0 Å². The molecule has 0 saturated carbocycles. The van der Waals surface area contributed by atoms with Crippen LogP contribution in [-0.2, 0) is 9.59 Å². The zero-order valence-electron chi connectivity index (χ0n) is 14.2. The SMILES string of the molecule is CC[C@@H](NC(=O)C(=O)Nc1ccc(-n2cncn2)nc1)c1ccccc1. The second-order valence-corrected chi connectivity index (χ2v) is 5.54. The van der Waals surface area contributed by atoms with Gasteiger partial charge in [0.05, 0.1) is 17.9 Å². The van der Waals surface area contributed by atoms with E-state index in [0.717, 1.165) is 5.56 Å². The maximum Gasteiger partial charge on any atom is 0.313 e. The van der Waals surface area contributed by atoms with Crippen LogP contribution < -0.4 is 10.6 Å². The van der Waals surface area contributed by atoms with Gasteiger partial charge < -0.3 is 10.6 Å². The standard InChI is InChI=1S/C18H18N6O2/c1-2-15(13-6-4-3-5-7-13)23-18(26)17(25)22-14-8-9-16(20-10-14)24-12-19-11-21-24/h3-12,15H,2H2,1H3,(H,22,25)(H,23,26)/t15-/m1/s1. The van der Waals surface area contributed by atoms with E-state index in [1.807, 2.05) is 37.3 Å². The van der Waals surface area contributed by atoms with Crippen LogP contribution in [0.3, 0.4) is 0 Å². The minimum atomic E-state index is -0.741. The minimum Gasteiger partial charge on any atom is -0.341 e. The van der Waals surface area contributed by atoms with Crippen LogP contribution in [0.15, 0.2) is 61.3 Å². The Morgan fingerprint density at radius 3 is 2.54 bits per heavy atom. The van der Waals surface area contributed by atoms with E-state index < -0.39 is 11.8 Å². The number of carbonyl (C=O) groups is 2. The number of benzene rings is 1. The van der Waals surface area contributed by atoms with E-state index in [9.17, 15) is 9.59 Å². The third-order valence-corrected chi connectivity index (χ3v) is 3.78. The van der Waals surface area contributed by atoms with Gasteiger partial charge in [-0.2, -0.15) is 5.10 Å². The Kier molecular flexibility index (Phi) is 5.33. The highest BCUT2D eigenvalue weighted by molar-refractivity contribution is 6.39. The third kappa shape index (κ3) is 4.10. The maximum atomic E-state index is 12.2. The molecule has 2 amide bonds. The predicted octanol–water partition coefficient (Wildman–Crippen LogP) is 1.87. The Morgan fingerprint density at radius 1 is 1.12 bits per heavy atom. The molecular formula is C18H18N6O2. The summed E-state index contributed by atoms with van der Waals surface area (Å²) in [5.41, 5.74) is 1.37. The maximum absolute atomic E-state index is 12.2. The zero-order valence-corrected chi connectivity index (χ0v) is 14.2. The lowest BCUT2D eigenvalue weighted by molar-refractivity contribution is -0.136. The summed E-state index contributed by atoms with van der Waals surface area (Å²) >= 11 is 0. The Morgan fingerprint density at radius 2 is 1.92 bits per heavy atom. The molecule has 0 spiro atoms. The van der Waals surface area contributed by atoms with Gasteiger partial charge in [0.1, 0.15) is 12.7 Å². The first-order chi connectivity index (χ1) is 12.7. The molecule has 0 radical (unpaired) electrons. The summed E-state index contributed by atoms with van der Waals surface area (Å²) in [7, 11) is 0. The molecule has 8 heteroatoms. The van der Waals surface area contributed by atoms with Crippen LogP contribution in [0, 0.1) is 0 Å². The number of nitrogens with one attached hydrogen (secondary N) is 2. The normalized spacial score (nSPS) is 11.6. The molecule has 1 atom stereocenters. The van der Waals surface area contributed by atoms with Crippen LogP contribution in [0.2, 0.25) is 0 Å². The lowest BCUT2D eigenvalue weighted by atomic mass is 10.0. The highest BCUT2D eigenvalue weighted by Crippen LogP contribution is 2.16. The summed E-state index contributed by atoms with van der Waals surface area (Å²) < 4.78 is 1.49. The summed E-state index contributed by atoms with van der Waals surface area (Å²) in [6.45, 7) is 1.95. The van der Waals surface area contributed by atoms with E-state index in [1.165, 1.54) is 23.5 Å². The number of hydrogen-bond donors (Lipinski definition) is 2. The summed E-state index contributed by atoms with van der Waals surface area (Å²) in [4.78, 5) is 32.3. The van der Waals surface area contributed by atoms with Gasteiger partial charge in [-0.25, -0.2) is 14.6 Å². The van der Waals surface area contributed by atoms with Crippen molar-refractivity contribution in [3.05, 3.63) is 66.9 Å². The molecule has 26 heavy (non-hydrogen) atoms. The average Bonchev–Trinajstić information content (AvgIpc) is 3.22. The number of amides is 2. The molecule has 1 aromatic carbocycles. The molecule has 3 rings (SSSR count). The highest BCUT2D eigenvalue weighted by atomic mass is 16.2. The van der Waals surface area contributed by atoms with Crippen LogP contribution in [-0.4, -0.2) is 31.6 Å². The van der Waals surface area contributed by atoms with Crippen LogP contribution in [0.1, 0.15) is 24.9 Å². The first-order valence-corrected chi connectivity index (χ1v) is 8.15. The molecule has 0 unspecified atom stereocenters. The van der Waals surface area contributed by atoms with Gasteiger partial charge in [0, 0.05) is 0 Å². The summed E-state index contributed by atoms with van der Waals surface area (Å²) in [6.07, 6.45) is 5.05. The predicted molar refractivity (Wildman–Crippen MR) is 95.4 cm³/mol. The molecule has 0 bridgehead atoms. The van der Waals surface area contributed by atoms with Gasteiger partial charge in [-0.05, 0) is 24.1 Å². The number of aromatic nitrogens is 4. The van der Waals surface area contributed by atoms with Crippen molar-refractivity contribution in [2.45, 2.75) is 19.4 Å². The number of anilines is 1. The summed E-state index contributed by atoms with van der Waals surface area (Å²) in [5, 5.41) is 9.25. The largest absolute Gasteiger partial charge is 0.341 e. The van der Waals surface area contributed by atoms with Crippen molar-refractivity contribution in [1.82, 2.24) is 25.1 Å². The minimum absolute atomic E-state index is 0.220. The Hall–Kier alpha value is -3.55. The summed E-state index contributed by atoms with van der Waals surface area (Å²) in [5.74, 6) is -0.879. The second-order valence-electron chi connectivity index (χ2n) is 5.54. The number of nitrogens with zero attached hydrogens (tertiary/aromatic N) is 4. The smallest absolute Gasteiger partial charge is 0.313 e. The van der Waals surface area contributed by atoms with E-state index in [0.29, 0.717) is 17.9 Å². The molecule has 2 aromatic heterocycles. The quantitative estimate of drug-likeness (QED) is 0.684. The topological polar surface area (TPSA) is 102 Å². The Bertz CT molecular complexity index is 862. The Labute approximate surface area is 150 Å². The number of hydrogen-bond acceptors (Lipinski definition) is 5. The molecule has 2 N–H and O–H groups in total. The third-order valence-electron chi connectivity index (χ3n) is 3.78. The number of carbonyl (C=O) groups excluding carboxylic acids is 2. The highest BCUT2D eigenvalue weighted by Gasteiger charge is 2.19. The molecular weight excluding hydrogens is 332 g/mol. The van der Waals surface area contributed by atoms with Crippen LogP contribution >= 0.6 is 0 Å². The lowest BCUT2D eigenvalue weighted by Gasteiger charge is -2.17. The van der Waals surface area contributed by atoms with E-state index in [4.69, 9.17) is 0 Å². The average molecular weight is 350 g/mol. The molecule has 0 aliphatic rings. The van der Waals surface area contributed by atoms with Crippen LogP contribution in [0.4, 0.5) is 5.69 Å². The molecule has 3 aromatic rings. The number of pyridine rings is 1. The first kappa shape index (κ1) is 17.3. The van der Waals surface area contributed by atoms with E-state index >= 15 is 0 Å². The Balaban J connectivity index is 1.61. The van der Waals surface area contributed by atoms with Gasteiger partial charge in [-0.15, -0.1) is 0 Å². The van der Waals surface area contributed by atoms with Gasteiger partial charge >= 0.3 is 11.8 Å². The van der Waals surface area contributed by atoms with Crippen molar-refractivity contribution in [1.29, 1.82) is 0 Å². The molecule has 0 aliphatic carbocycles. The van der Waals surface area contributed by atoms with Crippen molar-refractivity contribution in [2.75, 3.05) is 5.32 Å². The van der Waals surface area contributed by atoms with Crippen molar-refractivity contribution >= 4 is 17.5 Å². The molecule has 0 saturated heterocycles. The molecule has 132 valence electrons. The van der Waals surface area contributed by atoms with Crippen molar-refractivity contribution < 1.29 is 9.59 Å². The fraction of sp³-hybridized carbons (Fsp3) is 0.167. The fourth-order valence-electron chi connectivity index (χ4n) is 2.44. The van der Waals surface area contributed by atoms with E-state index in [1.54, 1.807) is 12.1 Å². The van der Waals surface area contributed by atoms with Crippen LogP contribution in [0.5, 0.6) is 0 Å². The lowest BCUT2D eigenvalue weighted by Crippen LogP contribution is -2.37. The molecule has 0 aliphatic heterocycles. The van der Waals surface area contributed by atoms with Crippen LogP contribution in [0.25, 0.3) is 5.82 Å². The van der Waals surface area contributed by atoms with E-state index in [-0.39, 0.29) is 6.04 Å².